The zero-order chi connectivity index (χ0) is 7.56. The first-order valence-corrected chi connectivity index (χ1v) is 2.82. The number of rotatable bonds is 0. The first kappa shape index (κ1) is 6.82. The molecule has 0 aliphatic heterocycles. The molecule has 1 aromatic carbocycles. The molecule has 0 unspecified atom stereocenters. The van der Waals surface area contributed by atoms with E-state index in [-0.39, 0.29) is 5.82 Å². The van der Waals surface area contributed by atoms with Gasteiger partial charge in [-0.05, 0) is 24.6 Å². The van der Waals surface area contributed by atoms with Gasteiger partial charge in [-0.15, -0.1) is 6.42 Å². The average molecular weight is 133 g/mol. The van der Waals surface area contributed by atoms with Crippen molar-refractivity contribution >= 4 is 0 Å². The van der Waals surface area contributed by atoms with Crippen LogP contribution in [0.4, 0.5) is 4.39 Å². The largest absolute Gasteiger partial charge is 0.207 e. The van der Waals surface area contributed by atoms with Gasteiger partial charge in [-0.3, -0.25) is 0 Å². The Morgan fingerprint density at radius 2 is 2.20 bits per heavy atom. The molecule has 0 aliphatic carbocycles. The Bertz CT molecular complexity index is 281. The highest BCUT2D eigenvalue weighted by Crippen LogP contribution is 2.07. The zero-order valence-electron chi connectivity index (χ0n) is 5.39. The van der Waals surface area contributed by atoms with Gasteiger partial charge in [-0.2, -0.15) is 0 Å². The minimum Gasteiger partial charge on any atom is -0.207 e. The topological polar surface area (TPSA) is 0 Å². The fraction of sp³-hybridized carbons (Fsp3) is 0. The van der Waals surface area contributed by atoms with Gasteiger partial charge in [0.15, 0.2) is 0 Å². The minimum atomic E-state index is -0.319. The molecule has 0 aromatic heterocycles. The molecule has 0 N–H and O–H groups in total. The van der Waals surface area contributed by atoms with Gasteiger partial charge in [-0.1, -0.05) is 12.0 Å². The van der Waals surface area contributed by atoms with Crippen molar-refractivity contribution < 1.29 is 4.39 Å². The van der Waals surface area contributed by atoms with E-state index in [1.807, 2.05) is 0 Å². The van der Waals surface area contributed by atoms with Crippen molar-refractivity contribution in [1.82, 2.24) is 0 Å². The maximum Gasteiger partial charge on any atom is 0.124 e. The molecule has 1 heteroatoms. The lowest BCUT2D eigenvalue weighted by Crippen LogP contribution is -1.82. The van der Waals surface area contributed by atoms with Crippen LogP contribution in [0.1, 0.15) is 11.1 Å². The fourth-order valence-electron chi connectivity index (χ4n) is 0.683. The molecule has 1 radical (unpaired) electrons. The van der Waals surface area contributed by atoms with Gasteiger partial charge in [0.2, 0.25) is 0 Å². The molecule has 0 heterocycles. The van der Waals surface area contributed by atoms with E-state index in [0.717, 1.165) is 0 Å². The summed E-state index contributed by atoms with van der Waals surface area (Å²) in [4.78, 5) is 0. The van der Waals surface area contributed by atoms with Crippen LogP contribution in [0.15, 0.2) is 18.2 Å². The second kappa shape index (κ2) is 2.53. The number of terminal acetylenes is 1. The summed E-state index contributed by atoms with van der Waals surface area (Å²) in [5.41, 5.74) is 1.20. The fourth-order valence-corrected chi connectivity index (χ4v) is 0.683. The Kier molecular flexibility index (Phi) is 1.73. The lowest BCUT2D eigenvalue weighted by Gasteiger charge is -1.95. The van der Waals surface area contributed by atoms with Crippen LogP contribution in [0.2, 0.25) is 0 Å². The minimum absolute atomic E-state index is 0.319. The molecule has 1 aromatic rings. The van der Waals surface area contributed by atoms with Gasteiger partial charge in [-0.25, -0.2) is 4.39 Å². The van der Waals surface area contributed by atoms with Gasteiger partial charge >= 0.3 is 0 Å². The van der Waals surface area contributed by atoms with E-state index >= 15 is 0 Å². The second-order valence-electron chi connectivity index (χ2n) is 1.95. The zero-order valence-corrected chi connectivity index (χ0v) is 5.39. The molecule has 1 rings (SSSR count). The van der Waals surface area contributed by atoms with E-state index in [0.29, 0.717) is 11.1 Å². The lowest BCUT2D eigenvalue weighted by atomic mass is 10.1. The molecule has 0 amide bonds. The molecule has 0 bridgehead atoms. The van der Waals surface area contributed by atoms with Crippen LogP contribution in [-0.4, -0.2) is 0 Å². The van der Waals surface area contributed by atoms with Crippen molar-refractivity contribution in [1.29, 1.82) is 0 Å². The maximum atomic E-state index is 12.4. The highest BCUT2D eigenvalue weighted by atomic mass is 19.1. The molecule has 0 nitrogen and oxygen atoms in total. The number of halogens is 1. The molecule has 0 aliphatic rings. The third-order valence-corrected chi connectivity index (χ3v) is 1.23. The van der Waals surface area contributed by atoms with Crippen molar-refractivity contribution in [3.05, 3.63) is 42.1 Å². The molecule has 0 saturated heterocycles. The third kappa shape index (κ3) is 1.16. The molecule has 0 spiro atoms. The van der Waals surface area contributed by atoms with Gasteiger partial charge in [0.05, 0.1) is 0 Å². The maximum absolute atomic E-state index is 12.4. The Balaban J connectivity index is 3.25. The molecule has 10 heavy (non-hydrogen) atoms. The smallest absolute Gasteiger partial charge is 0.124 e. The van der Waals surface area contributed by atoms with E-state index in [9.17, 15) is 4.39 Å². The predicted molar refractivity (Wildman–Crippen MR) is 38.8 cm³/mol. The first-order valence-electron chi connectivity index (χ1n) is 2.82. The van der Waals surface area contributed by atoms with Crippen LogP contribution >= 0.6 is 0 Å². The van der Waals surface area contributed by atoms with E-state index in [2.05, 4.69) is 12.8 Å². The Morgan fingerprint density at radius 1 is 1.50 bits per heavy atom. The Hall–Kier alpha value is -1.29. The lowest BCUT2D eigenvalue weighted by molar-refractivity contribution is 0.627. The van der Waals surface area contributed by atoms with E-state index in [4.69, 9.17) is 6.42 Å². The van der Waals surface area contributed by atoms with Crippen molar-refractivity contribution in [2.75, 3.05) is 0 Å². The standard InChI is InChI=1S/C9H6F/c1-3-8-6-9(10)5-4-7(8)2/h1,4-6H,2H2. The van der Waals surface area contributed by atoms with Crippen molar-refractivity contribution in [3.8, 4) is 12.3 Å². The van der Waals surface area contributed by atoms with Crippen molar-refractivity contribution in [2.24, 2.45) is 0 Å². The first-order chi connectivity index (χ1) is 4.74. The quantitative estimate of drug-likeness (QED) is 0.475. The molecule has 49 valence electrons. The van der Waals surface area contributed by atoms with Crippen molar-refractivity contribution in [3.63, 3.8) is 0 Å². The SMILES string of the molecule is C#Cc1cc(F)ccc1[CH2]. The molecule has 0 saturated carbocycles. The molecular formula is C9H6F. The summed E-state index contributed by atoms with van der Waals surface area (Å²) in [6, 6.07) is 4.19. The van der Waals surface area contributed by atoms with Gasteiger partial charge in [0, 0.05) is 5.56 Å². The summed E-state index contributed by atoms with van der Waals surface area (Å²) in [7, 11) is 0. The number of benzene rings is 1. The van der Waals surface area contributed by atoms with Crippen LogP contribution in [0.25, 0.3) is 0 Å². The average Bonchev–Trinajstić information content (AvgIpc) is 1.94. The van der Waals surface area contributed by atoms with Crippen LogP contribution in [-0.2, 0) is 0 Å². The van der Waals surface area contributed by atoms with Crippen molar-refractivity contribution in [2.45, 2.75) is 0 Å². The predicted octanol–water partition coefficient (Wildman–Crippen LogP) is 1.99. The van der Waals surface area contributed by atoms with Gasteiger partial charge < -0.3 is 0 Å². The van der Waals surface area contributed by atoms with Crippen LogP contribution in [0.3, 0.4) is 0 Å². The summed E-state index contributed by atoms with van der Waals surface area (Å²) in [6.07, 6.45) is 5.06. The summed E-state index contributed by atoms with van der Waals surface area (Å²) in [6.45, 7) is 3.62. The van der Waals surface area contributed by atoms with Gasteiger partial charge in [0.25, 0.3) is 0 Å². The Morgan fingerprint density at radius 3 is 2.70 bits per heavy atom. The van der Waals surface area contributed by atoms with Gasteiger partial charge in [0.1, 0.15) is 5.82 Å². The van der Waals surface area contributed by atoms with Crippen LogP contribution < -0.4 is 0 Å². The third-order valence-electron chi connectivity index (χ3n) is 1.23. The van der Waals surface area contributed by atoms with E-state index in [1.54, 1.807) is 6.07 Å². The molecular weight excluding hydrogens is 127 g/mol. The number of hydrogen-bond donors (Lipinski definition) is 0. The summed E-state index contributed by atoms with van der Waals surface area (Å²) in [5, 5.41) is 0. The number of hydrogen-bond acceptors (Lipinski definition) is 0. The highest BCUT2D eigenvalue weighted by Gasteiger charge is 1.94. The molecule has 0 fully saturated rings. The molecule has 0 atom stereocenters. The van der Waals surface area contributed by atoms with Crippen LogP contribution in [0, 0.1) is 25.1 Å². The summed E-state index contributed by atoms with van der Waals surface area (Å²) < 4.78 is 12.4. The van der Waals surface area contributed by atoms with Crippen LogP contribution in [0.5, 0.6) is 0 Å². The summed E-state index contributed by atoms with van der Waals surface area (Å²) in [5.74, 6) is 2.01. The second-order valence-corrected chi connectivity index (χ2v) is 1.95. The van der Waals surface area contributed by atoms with E-state index < -0.39 is 0 Å². The normalized spacial score (nSPS) is 8.90. The monoisotopic (exact) mass is 133 g/mol. The Labute approximate surface area is 59.7 Å². The highest BCUT2D eigenvalue weighted by molar-refractivity contribution is 5.41. The summed E-state index contributed by atoms with van der Waals surface area (Å²) >= 11 is 0. The van der Waals surface area contributed by atoms with E-state index in [1.165, 1.54) is 12.1 Å².